The number of hydrogen-bond acceptors (Lipinski definition) is 3. The number of ether oxygens (including phenoxy) is 2. The average Bonchev–Trinajstić information content (AvgIpc) is 2.29. The summed E-state index contributed by atoms with van der Waals surface area (Å²) in [6.07, 6.45) is 4.36. The molecule has 1 fully saturated rings. The first-order valence-electron chi connectivity index (χ1n) is 6.40. The molecule has 0 saturated heterocycles. The first kappa shape index (κ1) is 13.9. The Bertz CT molecular complexity index is 202. The molecule has 0 aromatic heterocycles. The van der Waals surface area contributed by atoms with Gasteiger partial charge >= 0.3 is 0 Å². The van der Waals surface area contributed by atoms with Gasteiger partial charge in [0.05, 0.1) is 0 Å². The van der Waals surface area contributed by atoms with Crippen LogP contribution in [0.5, 0.6) is 0 Å². The van der Waals surface area contributed by atoms with Gasteiger partial charge in [-0.25, -0.2) is 0 Å². The van der Waals surface area contributed by atoms with Crippen LogP contribution in [0.4, 0.5) is 0 Å². The van der Waals surface area contributed by atoms with Crippen LogP contribution in [0.2, 0.25) is 0 Å². The zero-order valence-electron chi connectivity index (χ0n) is 11.2. The second-order valence-corrected chi connectivity index (χ2v) is 5.27. The second-order valence-electron chi connectivity index (χ2n) is 5.27. The van der Waals surface area contributed by atoms with E-state index < -0.39 is 0 Å². The fourth-order valence-corrected chi connectivity index (χ4v) is 3.02. The van der Waals surface area contributed by atoms with Crippen molar-refractivity contribution in [2.75, 3.05) is 20.8 Å². The van der Waals surface area contributed by atoms with E-state index in [0.29, 0.717) is 12.5 Å². The molecular formula is C13H27NO2. The molecule has 0 aliphatic heterocycles. The molecule has 3 nitrogen and oxygen atoms in total. The quantitative estimate of drug-likeness (QED) is 0.736. The van der Waals surface area contributed by atoms with Gasteiger partial charge in [0.1, 0.15) is 0 Å². The number of hydrogen-bond donors (Lipinski definition) is 1. The fourth-order valence-electron chi connectivity index (χ4n) is 3.02. The van der Waals surface area contributed by atoms with Gasteiger partial charge in [-0.1, -0.05) is 13.8 Å². The molecule has 2 N–H and O–H groups in total. The molecule has 1 rings (SSSR count). The maximum absolute atomic E-state index is 5.70. The minimum Gasteiger partial charge on any atom is -0.353 e. The minimum atomic E-state index is -0.384. The van der Waals surface area contributed by atoms with Crippen LogP contribution < -0.4 is 5.73 Å². The highest BCUT2D eigenvalue weighted by Crippen LogP contribution is 2.43. The lowest BCUT2D eigenvalue weighted by Crippen LogP contribution is -2.47. The van der Waals surface area contributed by atoms with Crippen LogP contribution in [0, 0.1) is 17.8 Å². The Morgan fingerprint density at radius 3 is 2.38 bits per heavy atom. The Morgan fingerprint density at radius 1 is 1.31 bits per heavy atom. The zero-order valence-corrected chi connectivity index (χ0v) is 11.2. The Hall–Kier alpha value is -0.120. The predicted octanol–water partition coefficient (Wildman–Crippen LogP) is 2.40. The summed E-state index contributed by atoms with van der Waals surface area (Å²) in [7, 11) is 3.51. The smallest absolute Gasteiger partial charge is 0.170 e. The van der Waals surface area contributed by atoms with Crippen LogP contribution in [0.1, 0.15) is 39.5 Å². The molecular weight excluding hydrogens is 202 g/mol. The molecule has 0 heterocycles. The van der Waals surface area contributed by atoms with Gasteiger partial charge in [-0.3, -0.25) is 0 Å². The monoisotopic (exact) mass is 229 g/mol. The van der Waals surface area contributed by atoms with E-state index in [-0.39, 0.29) is 5.79 Å². The van der Waals surface area contributed by atoms with Crippen molar-refractivity contribution in [2.24, 2.45) is 23.5 Å². The Balaban J connectivity index is 2.73. The van der Waals surface area contributed by atoms with E-state index in [0.717, 1.165) is 24.7 Å². The molecule has 0 aromatic rings. The van der Waals surface area contributed by atoms with Crippen LogP contribution in [-0.4, -0.2) is 26.6 Å². The summed E-state index contributed by atoms with van der Waals surface area (Å²) < 4.78 is 11.3. The third-order valence-corrected chi connectivity index (χ3v) is 4.22. The summed E-state index contributed by atoms with van der Waals surface area (Å²) in [4.78, 5) is 0. The second kappa shape index (κ2) is 5.99. The summed E-state index contributed by atoms with van der Waals surface area (Å²) in [5.41, 5.74) is 5.70. The van der Waals surface area contributed by atoms with Crippen molar-refractivity contribution in [2.45, 2.75) is 45.3 Å². The maximum Gasteiger partial charge on any atom is 0.170 e. The maximum atomic E-state index is 5.70. The molecule has 0 spiro atoms. The van der Waals surface area contributed by atoms with E-state index in [9.17, 15) is 0 Å². The van der Waals surface area contributed by atoms with Gasteiger partial charge in [-0.05, 0) is 37.6 Å². The highest BCUT2D eigenvalue weighted by atomic mass is 16.7. The molecule has 3 heteroatoms. The van der Waals surface area contributed by atoms with E-state index in [1.807, 2.05) is 0 Å². The molecule has 2 unspecified atom stereocenters. The van der Waals surface area contributed by atoms with Crippen LogP contribution in [0.15, 0.2) is 0 Å². The van der Waals surface area contributed by atoms with Crippen molar-refractivity contribution < 1.29 is 9.47 Å². The lowest BCUT2D eigenvalue weighted by atomic mass is 9.71. The molecule has 0 amide bonds. The minimum absolute atomic E-state index is 0.384. The van der Waals surface area contributed by atoms with Crippen LogP contribution in [-0.2, 0) is 9.47 Å². The highest BCUT2D eigenvalue weighted by Gasteiger charge is 2.44. The van der Waals surface area contributed by atoms with E-state index in [2.05, 4.69) is 13.8 Å². The SMILES string of the molecule is COC1(OC)CCC(C(C)C)CC1CCN. The van der Waals surface area contributed by atoms with Gasteiger partial charge in [0.15, 0.2) is 5.79 Å². The van der Waals surface area contributed by atoms with Crippen molar-refractivity contribution in [3.05, 3.63) is 0 Å². The largest absolute Gasteiger partial charge is 0.353 e. The topological polar surface area (TPSA) is 44.5 Å². The fraction of sp³-hybridized carbons (Fsp3) is 1.00. The van der Waals surface area contributed by atoms with Gasteiger partial charge in [-0.2, -0.15) is 0 Å². The van der Waals surface area contributed by atoms with E-state index in [1.165, 1.54) is 12.8 Å². The highest BCUT2D eigenvalue weighted by molar-refractivity contribution is 4.88. The van der Waals surface area contributed by atoms with Crippen molar-refractivity contribution in [3.8, 4) is 0 Å². The third-order valence-electron chi connectivity index (χ3n) is 4.22. The van der Waals surface area contributed by atoms with E-state index in [1.54, 1.807) is 14.2 Å². The standard InChI is InChI=1S/C13H27NO2/c1-10(2)11-5-7-13(15-3,16-4)12(9-11)6-8-14/h10-12H,5-9,14H2,1-4H3. The molecule has 16 heavy (non-hydrogen) atoms. The predicted molar refractivity (Wildman–Crippen MR) is 66.1 cm³/mol. The van der Waals surface area contributed by atoms with Gasteiger partial charge in [0.2, 0.25) is 0 Å². The van der Waals surface area contributed by atoms with Gasteiger partial charge < -0.3 is 15.2 Å². The van der Waals surface area contributed by atoms with E-state index >= 15 is 0 Å². The van der Waals surface area contributed by atoms with Crippen molar-refractivity contribution in [3.63, 3.8) is 0 Å². The van der Waals surface area contributed by atoms with Gasteiger partial charge in [0.25, 0.3) is 0 Å². The average molecular weight is 229 g/mol. The van der Waals surface area contributed by atoms with Crippen molar-refractivity contribution >= 4 is 0 Å². The lowest BCUT2D eigenvalue weighted by molar-refractivity contribution is -0.261. The lowest BCUT2D eigenvalue weighted by Gasteiger charge is -2.45. The number of methoxy groups -OCH3 is 2. The number of nitrogens with two attached hydrogens (primary N) is 1. The van der Waals surface area contributed by atoms with Crippen LogP contribution >= 0.6 is 0 Å². The molecule has 0 bridgehead atoms. The summed E-state index contributed by atoms with van der Waals surface area (Å²) >= 11 is 0. The summed E-state index contributed by atoms with van der Waals surface area (Å²) in [5.74, 6) is 1.58. The first-order chi connectivity index (χ1) is 7.59. The third kappa shape index (κ3) is 2.76. The summed E-state index contributed by atoms with van der Waals surface area (Å²) in [6, 6.07) is 0. The van der Waals surface area contributed by atoms with Gasteiger partial charge in [0, 0.05) is 26.6 Å². The number of rotatable bonds is 5. The molecule has 1 aliphatic carbocycles. The zero-order chi connectivity index (χ0) is 12.2. The molecule has 0 radical (unpaired) electrons. The Labute approximate surface area is 99.7 Å². The first-order valence-corrected chi connectivity index (χ1v) is 6.40. The van der Waals surface area contributed by atoms with Crippen molar-refractivity contribution in [1.82, 2.24) is 0 Å². The summed E-state index contributed by atoms with van der Waals surface area (Å²) in [5, 5.41) is 0. The molecule has 1 aliphatic rings. The van der Waals surface area contributed by atoms with Crippen LogP contribution in [0.3, 0.4) is 0 Å². The summed E-state index contributed by atoms with van der Waals surface area (Å²) in [6.45, 7) is 5.32. The van der Waals surface area contributed by atoms with Crippen molar-refractivity contribution in [1.29, 1.82) is 0 Å². The molecule has 96 valence electrons. The van der Waals surface area contributed by atoms with E-state index in [4.69, 9.17) is 15.2 Å². The normalized spacial score (nSPS) is 29.6. The molecule has 1 saturated carbocycles. The Morgan fingerprint density at radius 2 is 1.94 bits per heavy atom. The molecule has 2 atom stereocenters. The molecule has 0 aromatic carbocycles. The van der Waals surface area contributed by atoms with Gasteiger partial charge in [-0.15, -0.1) is 0 Å². The Kier molecular flexibility index (Phi) is 5.22. The van der Waals surface area contributed by atoms with Crippen LogP contribution in [0.25, 0.3) is 0 Å².